The van der Waals surface area contributed by atoms with E-state index in [-0.39, 0.29) is 0 Å². The van der Waals surface area contributed by atoms with E-state index in [0.29, 0.717) is 10.2 Å². The molecule has 1 aromatic carbocycles. The van der Waals surface area contributed by atoms with Crippen molar-refractivity contribution in [2.24, 2.45) is 0 Å². The summed E-state index contributed by atoms with van der Waals surface area (Å²) in [5.74, 6) is 0. The standard InChI is InChI=1S/C12H6Cl2IN3/c13-8-4-2-1-3-7(8)11-10(15)12-16-6-5-9(14)18(12)17-11/h1-6H. The molecule has 2 aromatic heterocycles. The molecule has 0 aliphatic heterocycles. The van der Waals surface area contributed by atoms with Gasteiger partial charge in [0, 0.05) is 11.8 Å². The van der Waals surface area contributed by atoms with Gasteiger partial charge in [0.15, 0.2) is 5.65 Å². The molecule has 90 valence electrons. The van der Waals surface area contributed by atoms with E-state index in [1.165, 1.54) is 0 Å². The fourth-order valence-corrected chi connectivity index (χ4v) is 2.88. The van der Waals surface area contributed by atoms with Gasteiger partial charge in [0.05, 0.1) is 8.59 Å². The molecule has 0 radical (unpaired) electrons. The van der Waals surface area contributed by atoms with Crippen LogP contribution in [0.15, 0.2) is 36.5 Å². The monoisotopic (exact) mass is 389 g/mol. The van der Waals surface area contributed by atoms with Crippen molar-refractivity contribution in [2.75, 3.05) is 0 Å². The zero-order valence-electron chi connectivity index (χ0n) is 8.94. The largest absolute Gasteiger partial charge is 0.236 e. The summed E-state index contributed by atoms with van der Waals surface area (Å²) in [5.41, 5.74) is 2.41. The maximum absolute atomic E-state index is 6.19. The Bertz CT molecular complexity index is 739. The Morgan fingerprint density at radius 2 is 1.89 bits per heavy atom. The van der Waals surface area contributed by atoms with Crippen LogP contribution in [-0.2, 0) is 0 Å². The lowest BCUT2D eigenvalue weighted by Crippen LogP contribution is -1.90. The third-order valence-electron chi connectivity index (χ3n) is 2.55. The average molecular weight is 390 g/mol. The van der Waals surface area contributed by atoms with Crippen LogP contribution >= 0.6 is 45.8 Å². The van der Waals surface area contributed by atoms with Crippen LogP contribution in [0.1, 0.15) is 0 Å². The number of benzene rings is 1. The Labute approximate surface area is 127 Å². The van der Waals surface area contributed by atoms with Crippen LogP contribution in [0.4, 0.5) is 0 Å². The van der Waals surface area contributed by atoms with Crippen LogP contribution in [0.2, 0.25) is 10.2 Å². The van der Waals surface area contributed by atoms with E-state index in [9.17, 15) is 0 Å². The Morgan fingerprint density at radius 3 is 2.61 bits per heavy atom. The summed E-state index contributed by atoms with van der Waals surface area (Å²) < 4.78 is 2.55. The maximum atomic E-state index is 6.19. The van der Waals surface area contributed by atoms with Gasteiger partial charge >= 0.3 is 0 Å². The number of halogens is 3. The van der Waals surface area contributed by atoms with E-state index in [1.54, 1.807) is 16.8 Å². The van der Waals surface area contributed by atoms with Crippen molar-refractivity contribution in [1.82, 2.24) is 14.6 Å². The highest BCUT2D eigenvalue weighted by Crippen LogP contribution is 2.32. The first-order chi connectivity index (χ1) is 8.68. The zero-order valence-corrected chi connectivity index (χ0v) is 12.6. The molecule has 3 rings (SSSR count). The normalized spacial score (nSPS) is 11.1. The SMILES string of the molecule is Clc1ccccc1-c1nn2c(Cl)ccnc2c1I. The first-order valence-electron chi connectivity index (χ1n) is 5.12. The third-order valence-corrected chi connectivity index (χ3v) is 4.15. The molecular weight excluding hydrogens is 384 g/mol. The molecule has 0 N–H and O–H groups in total. The number of hydrogen-bond acceptors (Lipinski definition) is 2. The maximum Gasteiger partial charge on any atom is 0.170 e. The van der Waals surface area contributed by atoms with Crippen LogP contribution in [-0.4, -0.2) is 14.6 Å². The van der Waals surface area contributed by atoms with Gasteiger partial charge in [0.1, 0.15) is 10.8 Å². The van der Waals surface area contributed by atoms with Crippen molar-refractivity contribution in [2.45, 2.75) is 0 Å². The van der Waals surface area contributed by atoms with Gasteiger partial charge in [0.2, 0.25) is 0 Å². The fraction of sp³-hybridized carbons (Fsp3) is 0. The minimum absolute atomic E-state index is 0.524. The molecule has 0 aliphatic rings. The van der Waals surface area contributed by atoms with Crippen molar-refractivity contribution in [3.05, 3.63) is 50.3 Å². The van der Waals surface area contributed by atoms with Gasteiger partial charge in [-0.25, -0.2) is 9.50 Å². The Hall–Kier alpha value is -0.850. The lowest BCUT2D eigenvalue weighted by atomic mass is 10.1. The van der Waals surface area contributed by atoms with E-state index in [4.69, 9.17) is 23.2 Å². The second kappa shape index (κ2) is 4.68. The second-order valence-electron chi connectivity index (χ2n) is 3.65. The lowest BCUT2D eigenvalue weighted by molar-refractivity contribution is 0.944. The molecule has 6 heteroatoms. The number of nitrogens with zero attached hydrogens (tertiary/aromatic N) is 3. The number of hydrogen-bond donors (Lipinski definition) is 0. The summed E-state index contributed by atoms with van der Waals surface area (Å²) in [7, 11) is 0. The molecule has 0 bridgehead atoms. The average Bonchev–Trinajstić information content (AvgIpc) is 2.70. The molecule has 0 spiro atoms. The van der Waals surface area contributed by atoms with Crippen LogP contribution < -0.4 is 0 Å². The molecule has 0 saturated heterocycles. The molecule has 3 nitrogen and oxygen atoms in total. The van der Waals surface area contributed by atoms with Gasteiger partial charge in [-0.1, -0.05) is 41.4 Å². The smallest absolute Gasteiger partial charge is 0.170 e. The molecule has 0 atom stereocenters. The molecule has 18 heavy (non-hydrogen) atoms. The van der Waals surface area contributed by atoms with Crippen molar-refractivity contribution >= 4 is 51.4 Å². The fourth-order valence-electron chi connectivity index (χ4n) is 1.72. The van der Waals surface area contributed by atoms with Gasteiger partial charge in [-0.2, -0.15) is 5.10 Å². The van der Waals surface area contributed by atoms with Crippen molar-refractivity contribution in [3.63, 3.8) is 0 Å². The van der Waals surface area contributed by atoms with Gasteiger partial charge in [-0.3, -0.25) is 0 Å². The van der Waals surface area contributed by atoms with E-state index in [0.717, 1.165) is 20.5 Å². The molecule has 0 amide bonds. The first-order valence-corrected chi connectivity index (χ1v) is 6.95. The Morgan fingerprint density at radius 1 is 1.11 bits per heavy atom. The Kier molecular flexibility index (Phi) is 3.17. The Balaban J connectivity index is 2.35. The van der Waals surface area contributed by atoms with E-state index in [1.807, 2.05) is 24.3 Å². The van der Waals surface area contributed by atoms with Crippen LogP contribution in [0.3, 0.4) is 0 Å². The molecule has 0 saturated carbocycles. The molecule has 2 heterocycles. The van der Waals surface area contributed by atoms with Crippen LogP contribution in [0.5, 0.6) is 0 Å². The number of aromatic nitrogens is 3. The highest BCUT2D eigenvalue weighted by atomic mass is 127. The predicted octanol–water partition coefficient (Wildman–Crippen LogP) is 4.31. The summed E-state index contributed by atoms with van der Waals surface area (Å²) in [6.45, 7) is 0. The van der Waals surface area contributed by atoms with Crippen LogP contribution in [0, 0.1) is 3.57 Å². The van der Waals surface area contributed by atoms with E-state index in [2.05, 4.69) is 32.7 Å². The zero-order chi connectivity index (χ0) is 12.7. The number of fused-ring (bicyclic) bond motifs is 1. The molecule has 0 aliphatic carbocycles. The number of rotatable bonds is 1. The molecular formula is C12H6Cl2IN3. The lowest BCUT2D eigenvalue weighted by Gasteiger charge is -1.99. The minimum atomic E-state index is 0.524. The predicted molar refractivity (Wildman–Crippen MR) is 81.2 cm³/mol. The summed E-state index contributed by atoms with van der Waals surface area (Å²) >= 11 is 14.5. The van der Waals surface area contributed by atoms with E-state index < -0.39 is 0 Å². The van der Waals surface area contributed by atoms with Crippen LogP contribution in [0.25, 0.3) is 16.9 Å². The van der Waals surface area contributed by atoms with Gasteiger partial charge < -0.3 is 0 Å². The second-order valence-corrected chi connectivity index (χ2v) is 5.52. The van der Waals surface area contributed by atoms with Crippen molar-refractivity contribution in [1.29, 1.82) is 0 Å². The molecule has 0 unspecified atom stereocenters. The summed E-state index contributed by atoms with van der Waals surface area (Å²) in [4.78, 5) is 4.28. The third kappa shape index (κ3) is 1.88. The summed E-state index contributed by atoms with van der Waals surface area (Å²) in [6.07, 6.45) is 1.66. The van der Waals surface area contributed by atoms with Gasteiger partial charge in [-0.15, -0.1) is 0 Å². The quantitative estimate of drug-likeness (QED) is 0.458. The van der Waals surface area contributed by atoms with Gasteiger partial charge in [-0.05, 0) is 34.7 Å². The highest BCUT2D eigenvalue weighted by molar-refractivity contribution is 14.1. The van der Waals surface area contributed by atoms with Crippen molar-refractivity contribution < 1.29 is 0 Å². The first kappa shape index (κ1) is 12.2. The topological polar surface area (TPSA) is 30.2 Å². The molecule has 3 aromatic rings. The minimum Gasteiger partial charge on any atom is -0.236 e. The van der Waals surface area contributed by atoms with Crippen molar-refractivity contribution in [3.8, 4) is 11.3 Å². The van der Waals surface area contributed by atoms with E-state index >= 15 is 0 Å². The summed E-state index contributed by atoms with van der Waals surface area (Å²) in [6, 6.07) is 9.29. The molecule has 0 fully saturated rings. The highest BCUT2D eigenvalue weighted by Gasteiger charge is 2.16. The summed E-state index contributed by atoms with van der Waals surface area (Å²) in [5, 5.41) is 5.66. The van der Waals surface area contributed by atoms with Gasteiger partial charge in [0.25, 0.3) is 0 Å².